The maximum absolute atomic E-state index is 4.50. The van der Waals surface area contributed by atoms with Crippen molar-refractivity contribution in [1.29, 1.82) is 0 Å². The fraction of sp³-hybridized carbons (Fsp3) is 0.333. The first kappa shape index (κ1) is 13.5. The number of benzene rings is 1. The average Bonchev–Trinajstić information content (AvgIpc) is 2.97. The van der Waals surface area contributed by atoms with Gasteiger partial charge in [-0.2, -0.15) is 0 Å². The number of nitrogens with zero attached hydrogens (tertiary/aromatic N) is 3. The lowest BCUT2D eigenvalue weighted by Crippen LogP contribution is -2.30. The molecule has 1 saturated heterocycles. The van der Waals surface area contributed by atoms with E-state index in [2.05, 4.69) is 48.2 Å². The molecule has 0 radical (unpaired) electrons. The van der Waals surface area contributed by atoms with E-state index >= 15 is 0 Å². The minimum absolute atomic E-state index is 0.546. The third-order valence-electron chi connectivity index (χ3n) is 3.70. The molecule has 1 N–H and O–H groups in total. The molecule has 3 rings (SSSR count). The highest BCUT2D eigenvalue weighted by Gasteiger charge is 2.22. The van der Waals surface area contributed by atoms with Crippen LogP contribution in [0.2, 0.25) is 0 Å². The van der Waals surface area contributed by atoms with Crippen LogP contribution in [-0.4, -0.2) is 36.1 Å². The van der Waals surface area contributed by atoms with Gasteiger partial charge in [0.15, 0.2) is 0 Å². The van der Waals surface area contributed by atoms with Gasteiger partial charge in [0.2, 0.25) is 5.95 Å². The van der Waals surface area contributed by atoms with E-state index in [1.165, 1.54) is 0 Å². The summed E-state index contributed by atoms with van der Waals surface area (Å²) in [5, 5.41) is 3.30. The summed E-state index contributed by atoms with van der Waals surface area (Å²) in [6.07, 6.45) is 4.95. The maximum Gasteiger partial charge on any atom is 0.225 e. The minimum Gasteiger partial charge on any atom is -0.339 e. The SMILES string of the molecule is CNC1CCN(c2ncc(-c3ccc(Br)cc3)cn2)C1. The van der Waals surface area contributed by atoms with Crippen LogP contribution in [0, 0.1) is 0 Å². The molecule has 4 nitrogen and oxygen atoms in total. The second kappa shape index (κ2) is 5.89. The van der Waals surface area contributed by atoms with Gasteiger partial charge in [-0.3, -0.25) is 0 Å². The van der Waals surface area contributed by atoms with E-state index < -0.39 is 0 Å². The van der Waals surface area contributed by atoms with Crippen molar-refractivity contribution in [3.63, 3.8) is 0 Å². The predicted molar refractivity (Wildman–Crippen MR) is 84.8 cm³/mol. The quantitative estimate of drug-likeness (QED) is 0.938. The van der Waals surface area contributed by atoms with Gasteiger partial charge in [-0.05, 0) is 31.2 Å². The topological polar surface area (TPSA) is 41.0 Å². The van der Waals surface area contributed by atoms with Gasteiger partial charge >= 0.3 is 0 Å². The molecule has 0 bridgehead atoms. The second-order valence-corrected chi connectivity index (χ2v) is 5.91. The molecule has 0 aliphatic carbocycles. The van der Waals surface area contributed by atoms with Crippen LogP contribution in [-0.2, 0) is 0 Å². The summed E-state index contributed by atoms with van der Waals surface area (Å²) in [7, 11) is 2.01. The molecule has 1 aliphatic rings. The molecule has 1 atom stereocenters. The van der Waals surface area contributed by atoms with Crippen LogP contribution < -0.4 is 10.2 Å². The van der Waals surface area contributed by atoms with Gasteiger partial charge in [0.1, 0.15) is 0 Å². The number of halogens is 1. The van der Waals surface area contributed by atoms with Crippen molar-refractivity contribution in [1.82, 2.24) is 15.3 Å². The molecule has 20 heavy (non-hydrogen) atoms. The van der Waals surface area contributed by atoms with E-state index in [1.54, 1.807) is 0 Å². The van der Waals surface area contributed by atoms with Crippen LogP contribution in [0.15, 0.2) is 41.1 Å². The van der Waals surface area contributed by atoms with Crippen LogP contribution in [0.25, 0.3) is 11.1 Å². The van der Waals surface area contributed by atoms with Gasteiger partial charge < -0.3 is 10.2 Å². The van der Waals surface area contributed by atoms with Crippen molar-refractivity contribution in [3.05, 3.63) is 41.1 Å². The Morgan fingerprint density at radius 2 is 1.85 bits per heavy atom. The number of hydrogen-bond acceptors (Lipinski definition) is 4. The monoisotopic (exact) mass is 332 g/mol. The lowest BCUT2D eigenvalue weighted by molar-refractivity contribution is 0.616. The maximum atomic E-state index is 4.50. The van der Waals surface area contributed by atoms with Crippen LogP contribution in [0.5, 0.6) is 0 Å². The molecule has 2 heterocycles. The molecule has 1 unspecified atom stereocenters. The third kappa shape index (κ3) is 2.83. The molecule has 0 spiro atoms. The molecule has 1 aliphatic heterocycles. The van der Waals surface area contributed by atoms with Crippen molar-refractivity contribution < 1.29 is 0 Å². The number of nitrogens with one attached hydrogen (secondary N) is 1. The number of likely N-dealkylation sites (N-methyl/N-ethyl adjacent to an activating group) is 1. The lowest BCUT2D eigenvalue weighted by Gasteiger charge is -2.16. The van der Waals surface area contributed by atoms with Crippen molar-refractivity contribution >= 4 is 21.9 Å². The smallest absolute Gasteiger partial charge is 0.225 e. The summed E-state index contributed by atoms with van der Waals surface area (Å²) in [5.41, 5.74) is 2.18. The fourth-order valence-corrected chi connectivity index (χ4v) is 2.72. The minimum atomic E-state index is 0.546. The largest absolute Gasteiger partial charge is 0.339 e. The Morgan fingerprint density at radius 3 is 2.45 bits per heavy atom. The Balaban J connectivity index is 1.76. The first-order chi connectivity index (χ1) is 9.76. The molecule has 0 saturated carbocycles. The Morgan fingerprint density at radius 1 is 1.15 bits per heavy atom. The Labute approximate surface area is 127 Å². The number of rotatable bonds is 3. The summed E-state index contributed by atoms with van der Waals surface area (Å²) in [5.74, 6) is 0.823. The molecule has 0 amide bonds. The van der Waals surface area contributed by atoms with E-state index in [-0.39, 0.29) is 0 Å². The molecule has 1 aromatic heterocycles. The first-order valence-corrected chi connectivity index (χ1v) is 7.56. The van der Waals surface area contributed by atoms with Gasteiger partial charge in [-0.15, -0.1) is 0 Å². The van der Waals surface area contributed by atoms with Crippen LogP contribution in [0.1, 0.15) is 6.42 Å². The van der Waals surface area contributed by atoms with Crippen molar-refractivity contribution in [2.45, 2.75) is 12.5 Å². The fourth-order valence-electron chi connectivity index (χ4n) is 2.45. The van der Waals surface area contributed by atoms with Gasteiger partial charge in [0.25, 0.3) is 0 Å². The Hall–Kier alpha value is -1.46. The number of aromatic nitrogens is 2. The highest BCUT2D eigenvalue weighted by Crippen LogP contribution is 2.22. The second-order valence-electron chi connectivity index (χ2n) is 5.00. The highest BCUT2D eigenvalue weighted by atomic mass is 79.9. The van der Waals surface area contributed by atoms with Crippen LogP contribution >= 0.6 is 15.9 Å². The van der Waals surface area contributed by atoms with Crippen molar-refractivity contribution in [3.8, 4) is 11.1 Å². The van der Waals surface area contributed by atoms with Crippen LogP contribution in [0.4, 0.5) is 5.95 Å². The standard InChI is InChI=1S/C15H17BrN4/c1-17-14-6-7-20(10-14)15-18-8-12(9-19-15)11-2-4-13(16)5-3-11/h2-5,8-9,14,17H,6-7,10H2,1H3. The highest BCUT2D eigenvalue weighted by molar-refractivity contribution is 9.10. The van der Waals surface area contributed by atoms with Crippen molar-refractivity contribution in [2.24, 2.45) is 0 Å². The van der Waals surface area contributed by atoms with E-state index in [0.29, 0.717) is 6.04 Å². The van der Waals surface area contributed by atoms with E-state index in [0.717, 1.165) is 41.1 Å². The number of anilines is 1. The van der Waals surface area contributed by atoms with Gasteiger partial charge in [0.05, 0.1) is 0 Å². The summed E-state index contributed by atoms with van der Waals surface area (Å²) in [4.78, 5) is 11.2. The zero-order valence-corrected chi connectivity index (χ0v) is 13.0. The average molecular weight is 333 g/mol. The first-order valence-electron chi connectivity index (χ1n) is 6.76. The Kier molecular flexibility index (Phi) is 3.98. The summed E-state index contributed by atoms with van der Waals surface area (Å²) < 4.78 is 1.08. The predicted octanol–water partition coefficient (Wildman–Crippen LogP) is 2.70. The normalized spacial score (nSPS) is 18.5. The van der Waals surface area contributed by atoms with Crippen molar-refractivity contribution in [2.75, 3.05) is 25.0 Å². The summed E-state index contributed by atoms with van der Waals surface area (Å²) in [6, 6.07) is 8.73. The molecule has 104 valence electrons. The lowest BCUT2D eigenvalue weighted by atomic mass is 10.1. The Bertz CT molecular complexity index is 567. The zero-order valence-electron chi connectivity index (χ0n) is 11.4. The summed E-state index contributed by atoms with van der Waals surface area (Å²) >= 11 is 3.44. The molecule has 5 heteroatoms. The number of hydrogen-bond donors (Lipinski definition) is 1. The molecule has 1 fully saturated rings. The van der Waals surface area contributed by atoms with Gasteiger partial charge in [-0.1, -0.05) is 28.1 Å². The molecule has 2 aromatic rings. The third-order valence-corrected chi connectivity index (χ3v) is 4.22. The van der Waals surface area contributed by atoms with Gasteiger partial charge in [0, 0.05) is 41.6 Å². The molecular weight excluding hydrogens is 316 g/mol. The van der Waals surface area contributed by atoms with E-state index in [1.807, 2.05) is 31.6 Å². The zero-order chi connectivity index (χ0) is 13.9. The van der Waals surface area contributed by atoms with E-state index in [4.69, 9.17) is 0 Å². The summed E-state index contributed by atoms with van der Waals surface area (Å²) in [6.45, 7) is 2.00. The van der Waals surface area contributed by atoms with E-state index in [9.17, 15) is 0 Å². The van der Waals surface area contributed by atoms with Gasteiger partial charge in [-0.25, -0.2) is 9.97 Å². The van der Waals surface area contributed by atoms with Crippen LogP contribution in [0.3, 0.4) is 0 Å². The molecular formula is C15H17BrN4. The molecule has 1 aromatic carbocycles.